The van der Waals surface area contributed by atoms with Crippen LogP contribution in [0.25, 0.3) is 5.69 Å². The first-order chi connectivity index (χ1) is 13.9. The van der Waals surface area contributed by atoms with Crippen LogP contribution in [0.2, 0.25) is 0 Å². The van der Waals surface area contributed by atoms with Gasteiger partial charge in [0.05, 0.1) is 24.6 Å². The fourth-order valence-corrected chi connectivity index (χ4v) is 3.55. The number of aromatic nitrogens is 6. The van der Waals surface area contributed by atoms with Gasteiger partial charge in [-0.3, -0.25) is 4.79 Å². The van der Waals surface area contributed by atoms with E-state index in [-0.39, 0.29) is 11.9 Å². The molecule has 0 bridgehead atoms. The Balaban J connectivity index is 1.77. The van der Waals surface area contributed by atoms with Gasteiger partial charge in [-0.2, -0.15) is 9.78 Å². The normalized spacial score (nSPS) is 13.1. The largest absolute Gasteiger partial charge is 0.494 e. The topological polar surface area (TPSA) is 99.8 Å². The van der Waals surface area contributed by atoms with Gasteiger partial charge in [-0.05, 0) is 55.3 Å². The van der Waals surface area contributed by atoms with Gasteiger partial charge in [0.25, 0.3) is 0 Å². The van der Waals surface area contributed by atoms with Gasteiger partial charge >= 0.3 is 0 Å². The first-order valence-corrected chi connectivity index (χ1v) is 10.3. The lowest BCUT2D eigenvalue weighted by Crippen LogP contribution is -2.25. The van der Waals surface area contributed by atoms with Gasteiger partial charge in [0.1, 0.15) is 17.3 Å². The molecule has 2 atom stereocenters. The fourth-order valence-electron chi connectivity index (χ4n) is 2.75. The zero-order valence-corrected chi connectivity index (χ0v) is 18.0. The van der Waals surface area contributed by atoms with Crippen LogP contribution < -0.4 is 10.1 Å². The quantitative estimate of drug-likeness (QED) is 0.564. The van der Waals surface area contributed by atoms with Crippen molar-refractivity contribution in [3.63, 3.8) is 0 Å². The number of amides is 1. The van der Waals surface area contributed by atoms with Gasteiger partial charge in [0, 0.05) is 6.07 Å². The molecule has 154 valence electrons. The molecule has 29 heavy (non-hydrogen) atoms. The van der Waals surface area contributed by atoms with E-state index in [4.69, 9.17) is 4.74 Å². The van der Waals surface area contributed by atoms with Gasteiger partial charge in [-0.1, -0.05) is 24.8 Å². The molecule has 3 aromatic rings. The summed E-state index contributed by atoms with van der Waals surface area (Å²) in [6, 6.07) is 7.75. The molecule has 2 heterocycles. The monoisotopic (exact) mass is 415 g/mol. The Bertz CT molecular complexity index is 985. The highest BCUT2D eigenvalue weighted by Crippen LogP contribution is 2.29. The van der Waals surface area contributed by atoms with Crippen molar-refractivity contribution in [2.45, 2.75) is 50.6 Å². The third-order valence-electron chi connectivity index (χ3n) is 4.58. The number of methoxy groups -OCH3 is 1. The number of carbonyl (C=O) groups is 1. The molecular formula is C19H25N7O2S. The molecule has 2 aromatic heterocycles. The summed E-state index contributed by atoms with van der Waals surface area (Å²) < 4.78 is 8.84. The lowest BCUT2D eigenvalue weighted by Gasteiger charge is -2.16. The molecular weight excluding hydrogens is 390 g/mol. The van der Waals surface area contributed by atoms with Crippen LogP contribution in [0.15, 0.2) is 35.6 Å². The van der Waals surface area contributed by atoms with Crippen molar-refractivity contribution in [3.8, 4) is 11.4 Å². The number of carbonyl (C=O) groups excluding carboxylic acids is 1. The Kier molecular flexibility index (Phi) is 6.53. The van der Waals surface area contributed by atoms with E-state index in [0.717, 1.165) is 17.7 Å². The van der Waals surface area contributed by atoms with Crippen molar-refractivity contribution in [1.82, 2.24) is 30.0 Å². The minimum absolute atomic E-state index is 0.147. The summed E-state index contributed by atoms with van der Waals surface area (Å²) in [4.78, 5) is 12.7. The number of thioether (sulfide) groups is 1. The van der Waals surface area contributed by atoms with E-state index in [1.165, 1.54) is 11.8 Å². The summed E-state index contributed by atoms with van der Waals surface area (Å²) in [5.74, 6) is 1.18. The standard InChI is InChI=1S/C19H25N7O2S/c1-6-13(3)25-17(9-10-20-25)21-18(27)14(4)29-19-22-23-24-26(19)15-11-12(2)7-8-16(15)28-5/h7-11,13-14H,6H2,1-5H3,(H,21,27)/t13-,14-/m1/s1. The number of hydrogen-bond acceptors (Lipinski definition) is 7. The van der Waals surface area contributed by atoms with Gasteiger partial charge < -0.3 is 10.1 Å². The second kappa shape index (κ2) is 9.08. The Labute approximate surface area is 173 Å². The van der Waals surface area contributed by atoms with Crippen molar-refractivity contribution in [1.29, 1.82) is 0 Å². The first kappa shape index (κ1) is 20.8. The van der Waals surface area contributed by atoms with E-state index >= 15 is 0 Å². The zero-order chi connectivity index (χ0) is 21.0. The van der Waals surface area contributed by atoms with Crippen molar-refractivity contribution in [2.24, 2.45) is 0 Å². The summed E-state index contributed by atoms with van der Waals surface area (Å²) in [5, 5.41) is 19.3. The third-order valence-corrected chi connectivity index (χ3v) is 5.62. The van der Waals surface area contributed by atoms with Crippen LogP contribution in [0, 0.1) is 6.92 Å². The predicted octanol–water partition coefficient (Wildman–Crippen LogP) is 3.27. The molecule has 0 saturated carbocycles. The molecule has 0 aliphatic heterocycles. The van der Waals surface area contributed by atoms with Crippen LogP contribution in [0.3, 0.4) is 0 Å². The molecule has 0 aliphatic rings. The highest BCUT2D eigenvalue weighted by atomic mass is 32.2. The van der Waals surface area contributed by atoms with E-state index in [0.29, 0.717) is 16.7 Å². The SMILES string of the molecule is CC[C@@H](C)n1nccc1NC(=O)[C@@H](C)Sc1nnnn1-c1cc(C)ccc1OC. The van der Waals surface area contributed by atoms with Crippen molar-refractivity contribution in [2.75, 3.05) is 12.4 Å². The highest BCUT2D eigenvalue weighted by molar-refractivity contribution is 8.00. The number of rotatable bonds is 8. The number of nitrogens with one attached hydrogen (secondary N) is 1. The molecule has 0 fully saturated rings. The van der Waals surface area contributed by atoms with Gasteiger partial charge in [0.2, 0.25) is 11.1 Å². The van der Waals surface area contributed by atoms with Gasteiger partial charge in [-0.25, -0.2) is 4.68 Å². The van der Waals surface area contributed by atoms with Crippen LogP contribution in [-0.4, -0.2) is 48.3 Å². The Morgan fingerprint density at radius 2 is 2.10 bits per heavy atom. The Morgan fingerprint density at radius 3 is 2.83 bits per heavy atom. The van der Waals surface area contributed by atoms with E-state index in [2.05, 4.69) is 39.8 Å². The number of anilines is 1. The number of tetrazole rings is 1. The lowest BCUT2D eigenvalue weighted by molar-refractivity contribution is -0.115. The van der Waals surface area contributed by atoms with Gasteiger partial charge in [-0.15, -0.1) is 5.10 Å². The molecule has 0 spiro atoms. The van der Waals surface area contributed by atoms with Crippen molar-refractivity contribution >= 4 is 23.5 Å². The van der Waals surface area contributed by atoms with Crippen LogP contribution in [0.1, 0.15) is 38.8 Å². The minimum Gasteiger partial charge on any atom is -0.494 e. The van der Waals surface area contributed by atoms with Crippen molar-refractivity contribution < 1.29 is 9.53 Å². The average molecular weight is 416 g/mol. The number of nitrogens with zero attached hydrogens (tertiary/aromatic N) is 6. The van der Waals surface area contributed by atoms with Crippen LogP contribution in [0.4, 0.5) is 5.82 Å². The second-order valence-electron chi connectivity index (χ2n) is 6.72. The number of aryl methyl sites for hydroxylation is 1. The summed E-state index contributed by atoms with van der Waals surface area (Å²) in [6.07, 6.45) is 2.60. The third kappa shape index (κ3) is 4.58. The summed E-state index contributed by atoms with van der Waals surface area (Å²) in [6.45, 7) is 7.94. The van der Waals surface area contributed by atoms with E-state index in [1.54, 1.807) is 24.1 Å². The molecule has 1 amide bonds. The van der Waals surface area contributed by atoms with Crippen molar-refractivity contribution in [3.05, 3.63) is 36.0 Å². The zero-order valence-electron chi connectivity index (χ0n) is 17.2. The Hall–Kier alpha value is -2.88. The lowest BCUT2D eigenvalue weighted by atomic mass is 10.2. The molecule has 9 nitrogen and oxygen atoms in total. The molecule has 3 rings (SSSR count). The number of ether oxygens (including phenoxy) is 1. The van der Waals surface area contributed by atoms with Crippen LogP contribution in [-0.2, 0) is 4.79 Å². The van der Waals surface area contributed by atoms with Crippen LogP contribution in [0.5, 0.6) is 5.75 Å². The number of hydrogen-bond donors (Lipinski definition) is 1. The fraction of sp³-hybridized carbons (Fsp3) is 0.421. The number of benzene rings is 1. The van der Waals surface area contributed by atoms with E-state index < -0.39 is 5.25 Å². The minimum atomic E-state index is -0.421. The Morgan fingerprint density at radius 1 is 1.31 bits per heavy atom. The smallest absolute Gasteiger partial charge is 0.238 e. The maximum Gasteiger partial charge on any atom is 0.238 e. The molecule has 0 radical (unpaired) electrons. The molecule has 1 N–H and O–H groups in total. The first-order valence-electron chi connectivity index (χ1n) is 9.39. The van der Waals surface area contributed by atoms with Gasteiger partial charge in [0.15, 0.2) is 0 Å². The maximum atomic E-state index is 12.7. The maximum absolute atomic E-state index is 12.7. The molecule has 0 unspecified atom stereocenters. The van der Waals surface area contributed by atoms with Crippen LogP contribution >= 0.6 is 11.8 Å². The molecule has 0 aliphatic carbocycles. The molecule has 0 saturated heterocycles. The molecule has 10 heteroatoms. The summed E-state index contributed by atoms with van der Waals surface area (Å²) >= 11 is 1.28. The van der Waals surface area contributed by atoms with E-state index in [1.807, 2.05) is 36.7 Å². The second-order valence-corrected chi connectivity index (χ2v) is 8.02. The highest BCUT2D eigenvalue weighted by Gasteiger charge is 2.22. The van der Waals surface area contributed by atoms with E-state index in [9.17, 15) is 4.79 Å². The molecule has 1 aromatic carbocycles. The predicted molar refractivity (Wildman–Crippen MR) is 112 cm³/mol. The summed E-state index contributed by atoms with van der Waals surface area (Å²) in [7, 11) is 1.60. The average Bonchev–Trinajstić information content (AvgIpc) is 3.36. The summed E-state index contributed by atoms with van der Waals surface area (Å²) in [5.41, 5.74) is 1.78.